The first kappa shape index (κ1) is 11.7. The Bertz CT molecular complexity index is 526. The van der Waals surface area contributed by atoms with E-state index < -0.39 is 0 Å². The molecule has 0 radical (unpaired) electrons. The van der Waals surface area contributed by atoms with Gasteiger partial charge in [0.25, 0.3) is 0 Å². The summed E-state index contributed by atoms with van der Waals surface area (Å²) in [6.45, 7) is 2.04. The lowest BCUT2D eigenvalue weighted by Crippen LogP contribution is -2.30. The van der Waals surface area contributed by atoms with Gasteiger partial charge in [-0.3, -0.25) is 0 Å². The van der Waals surface area contributed by atoms with Gasteiger partial charge in [-0.25, -0.2) is 0 Å². The average Bonchev–Trinajstić information content (AvgIpc) is 2.47. The van der Waals surface area contributed by atoms with Crippen LogP contribution in [0.15, 0.2) is 42.5 Å². The fourth-order valence-electron chi connectivity index (χ4n) is 2.92. The maximum atomic E-state index is 10.6. The Morgan fingerprint density at radius 2 is 1.72 bits per heavy atom. The van der Waals surface area contributed by atoms with Crippen LogP contribution in [0.5, 0.6) is 0 Å². The summed E-state index contributed by atoms with van der Waals surface area (Å²) in [6.07, 6.45) is 1.78. The highest BCUT2D eigenvalue weighted by Gasteiger charge is 2.23. The van der Waals surface area contributed by atoms with E-state index in [9.17, 15) is 5.11 Å². The first-order valence-corrected chi connectivity index (χ1v) is 6.73. The Morgan fingerprint density at radius 3 is 2.56 bits per heavy atom. The van der Waals surface area contributed by atoms with Crippen LogP contribution in [-0.4, -0.2) is 18.2 Å². The topological polar surface area (TPSA) is 32.3 Å². The Kier molecular flexibility index (Phi) is 3.31. The second-order valence-corrected chi connectivity index (χ2v) is 5.10. The summed E-state index contributed by atoms with van der Waals surface area (Å²) < 4.78 is 0. The van der Waals surface area contributed by atoms with Crippen LogP contribution in [0.1, 0.15) is 24.5 Å². The molecule has 2 heteroatoms. The summed E-state index contributed by atoms with van der Waals surface area (Å²) in [7, 11) is 0. The standard InChI is InChI=1S/C16H19NO/c18-16(13-8-10-17-11-9-13)15-7-3-5-12-4-1-2-6-14(12)15/h1-7,13,16-18H,8-11H2. The predicted molar refractivity (Wildman–Crippen MR) is 74.5 cm³/mol. The molecule has 18 heavy (non-hydrogen) atoms. The van der Waals surface area contributed by atoms with Crippen LogP contribution >= 0.6 is 0 Å². The molecule has 1 saturated heterocycles. The van der Waals surface area contributed by atoms with Crippen LogP contribution in [-0.2, 0) is 0 Å². The van der Waals surface area contributed by atoms with Crippen molar-refractivity contribution in [3.05, 3.63) is 48.0 Å². The number of rotatable bonds is 2. The lowest BCUT2D eigenvalue weighted by molar-refractivity contribution is 0.0902. The molecule has 1 aliphatic rings. The van der Waals surface area contributed by atoms with Gasteiger partial charge in [0.05, 0.1) is 6.10 Å². The molecule has 0 amide bonds. The van der Waals surface area contributed by atoms with Gasteiger partial charge < -0.3 is 10.4 Å². The number of piperidine rings is 1. The van der Waals surface area contributed by atoms with Crippen molar-refractivity contribution < 1.29 is 5.11 Å². The van der Waals surface area contributed by atoms with E-state index in [1.165, 1.54) is 10.8 Å². The van der Waals surface area contributed by atoms with E-state index in [1.807, 2.05) is 18.2 Å². The van der Waals surface area contributed by atoms with Gasteiger partial charge in [-0.1, -0.05) is 42.5 Å². The Morgan fingerprint density at radius 1 is 1.00 bits per heavy atom. The maximum Gasteiger partial charge on any atom is 0.0825 e. The molecule has 0 spiro atoms. The molecular weight excluding hydrogens is 222 g/mol. The highest BCUT2D eigenvalue weighted by Crippen LogP contribution is 2.32. The number of aliphatic hydroxyl groups is 1. The number of hydrogen-bond donors (Lipinski definition) is 2. The Balaban J connectivity index is 1.97. The highest BCUT2D eigenvalue weighted by molar-refractivity contribution is 5.85. The summed E-state index contributed by atoms with van der Waals surface area (Å²) in [5.41, 5.74) is 1.08. The molecule has 2 nitrogen and oxygen atoms in total. The van der Waals surface area contributed by atoms with Gasteiger partial charge >= 0.3 is 0 Å². The second kappa shape index (κ2) is 5.09. The SMILES string of the molecule is OC(c1cccc2ccccc12)C1CCNCC1. The van der Waals surface area contributed by atoms with E-state index in [2.05, 4.69) is 29.6 Å². The lowest BCUT2D eigenvalue weighted by atomic mass is 9.86. The first-order chi connectivity index (χ1) is 8.86. The first-order valence-electron chi connectivity index (χ1n) is 6.73. The van der Waals surface area contributed by atoms with E-state index in [4.69, 9.17) is 0 Å². The molecule has 0 aliphatic carbocycles. The van der Waals surface area contributed by atoms with Crippen molar-refractivity contribution in [1.29, 1.82) is 0 Å². The number of benzene rings is 2. The molecule has 1 heterocycles. The van der Waals surface area contributed by atoms with Crippen molar-refractivity contribution in [2.24, 2.45) is 5.92 Å². The van der Waals surface area contributed by atoms with Gasteiger partial charge in [-0.05, 0) is 48.2 Å². The van der Waals surface area contributed by atoms with Crippen LogP contribution in [0.2, 0.25) is 0 Å². The molecule has 1 atom stereocenters. The number of nitrogens with one attached hydrogen (secondary N) is 1. The molecular formula is C16H19NO. The molecule has 0 aromatic heterocycles. The zero-order chi connectivity index (χ0) is 12.4. The molecule has 2 N–H and O–H groups in total. The largest absolute Gasteiger partial charge is 0.388 e. The number of hydrogen-bond acceptors (Lipinski definition) is 2. The van der Waals surface area contributed by atoms with Gasteiger partial charge in [0, 0.05) is 0 Å². The monoisotopic (exact) mass is 241 g/mol. The van der Waals surface area contributed by atoms with E-state index >= 15 is 0 Å². The van der Waals surface area contributed by atoms with Gasteiger partial charge in [0.1, 0.15) is 0 Å². The van der Waals surface area contributed by atoms with Gasteiger partial charge in [-0.15, -0.1) is 0 Å². The van der Waals surface area contributed by atoms with Gasteiger partial charge in [-0.2, -0.15) is 0 Å². The summed E-state index contributed by atoms with van der Waals surface area (Å²) in [4.78, 5) is 0. The Labute approximate surface area is 108 Å². The normalized spacial score (nSPS) is 18.9. The van der Waals surface area contributed by atoms with Crippen molar-refractivity contribution in [2.45, 2.75) is 18.9 Å². The smallest absolute Gasteiger partial charge is 0.0825 e. The van der Waals surface area contributed by atoms with E-state index in [0.717, 1.165) is 31.5 Å². The minimum absolute atomic E-state index is 0.335. The minimum atomic E-state index is -0.335. The third kappa shape index (κ3) is 2.14. The fourth-order valence-corrected chi connectivity index (χ4v) is 2.92. The fraction of sp³-hybridized carbons (Fsp3) is 0.375. The van der Waals surface area contributed by atoms with Crippen molar-refractivity contribution in [3.8, 4) is 0 Å². The molecule has 0 bridgehead atoms. The average molecular weight is 241 g/mol. The molecule has 0 saturated carbocycles. The van der Waals surface area contributed by atoms with Crippen molar-refractivity contribution in [1.82, 2.24) is 5.32 Å². The lowest BCUT2D eigenvalue weighted by Gasteiger charge is -2.28. The van der Waals surface area contributed by atoms with Crippen LogP contribution in [0, 0.1) is 5.92 Å². The second-order valence-electron chi connectivity index (χ2n) is 5.10. The van der Waals surface area contributed by atoms with Gasteiger partial charge in [0.2, 0.25) is 0 Å². The third-order valence-corrected chi connectivity index (χ3v) is 3.97. The molecule has 1 unspecified atom stereocenters. The zero-order valence-electron chi connectivity index (χ0n) is 10.5. The van der Waals surface area contributed by atoms with E-state index in [1.54, 1.807) is 0 Å². The highest BCUT2D eigenvalue weighted by atomic mass is 16.3. The number of aliphatic hydroxyl groups excluding tert-OH is 1. The van der Waals surface area contributed by atoms with Gasteiger partial charge in [0.15, 0.2) is 0 Å². The van der Waals surface area contributed by atoms with E-state index in [0.29, 0.717) is 5.92 Å². The minimum Gasteiger partial charge on any atom is -0.388 e. The summed E-state index contributed by atoms with van der Waals surface area (Å²) in [5.74, 6) is 0.386. The quantitative estimate of drug-likeness (QED) is 0.847. The van der Waals surface area contributed by atoms with Crippen LogP contribution in [0.3, 0.4) is 0 Å². The molecule has 1 aliphatic heterocycles. The van der Waals surface area contributed by atoms with Crippen LogP contribution < -0.4 is 5.32 Å². The van der Waals surface area contributed by atoms with Crippen LogP contribution in [0.25, 0.3) is 10.8 Å². The summed E-state index contributed by atoms with van der Waals surface area (Å²) in [5, 5.41) is 16.4. The molecule has 94 valence electrons. The van der Waals surface area contributed by atoms with E-state index in [-0.39, 0.29) is 6.10 Å². The van der Waals surface area contributed by atoms with Crippen molar-refractivity contribution in [2.75, 3.05) is 13.1 Å². The van der Waals surface area contributed by atoms with Crippen molar-refractivity contribution >= 4 is 10.8 Å². The summed E-state index contributed by atoms with van der Waals surface area (Å²) in [6, 6.07) is 14.5. The van der Waals surface area contributed by atoms with Crippen molar-refractivity contribution in [3.63, 3.8) is 0 Å². The predicted octanol–water partition coefficient (Wildman–Crippen LogP) is 2.87. The number of fused-ring (bicyclic) bond motifs is 1. The third-order valence-electron chi connectivity index (χ3n) is 3.97. The maximum absolute atomic E-state index is 10.6. The Hall–Kier alpha value is -1.38. The molecule has 3 rings (SSSR count). The zero-order valence-corrected chi connectivity index (χ0v) is 10.5. The summed E-state index contributed by atoms with van der Waals surface area (Å²) >= 11 is 0. The molecule has 2 aromatic rings. The molecule has 2 aromatic carbocycles. The van der Waals surface area contributed by atoms with Crippen LogP contribution in [0.4, 0.5) is 0 Å². The molecule has 1 fully saturated rings.